The molecule has 0 saturated carbocycles. The van der Waals surface area contributed by atoms with Crippen molar-refractivity contribution in [2.24, 2.45) is 5.92 Å². The van der Waals surface area contributed by atoms with Crippen molar-refractivity contribution >= 4 is 27.8 Å². The first kappa shape index (κ1) is 25.2. The number of hydrogen-bond acceptors (Lipinski definition) is 6. The fourth-order valence-electron chi connectivity index (χ4n) is 2.89. The Kier molecular flexibility index (Phi) is 9.07. The highest BCUT2D eigenvalue weighted by atomic mass is 32.2. The van der Waals surface area contributed by atoms with Gasteiger partial charge in [-0.3, -0.25) is 0 Å². The molecule has 0 aromatic heterocycles. The summed E-state index contributed by atoms with van der Waals surface area (Å²) >= 11 is 0. The predicted molar refractivity (Wildman–Crippen MR) is 123 cm³/mol. The van der Waals surface area contributed by atoms with Gasteiger partial charge in [0.25, 0.3) is 0 Å². The molecule has 32 heavy (non-hydrogen) atoms. The van der Waals surface area contributed by atoms with E-state index >= 15 is 0 Å². The highest BCUT2D eigenvalue weighted by molar-refractivity contribution is 7.87. The second-order valence-electron chi connectivity index (χ2n) is 7.58. The number of anilines is 1. The molecule has 0 radical (unpaired) electrons. The van der Waals surface area contributed by atoms with E-state index in [9.17, 15) is 18.0 Å². The van der Waals surface area contributed by atoms with E-state index < -0.39 is 16.1 Å². The molecule has 0 fully saturated rings. The summed E-state index contributed by atoms with van der Waals surface area (Å²) in [6, 6.07) is 12.8. The van der Waals surface area contributed by atoms with Crippen LogP contribution in [0.4, 0.5) is 10.5 Å². The molecule has 8 nitrogen and oxygen atoms in total. The molecule has 0 aliphatic rings. The number of hydrogen-bond donors (Lipinski definition) is 1. The molecule has 2 aromatic carbocycles. The van der Waals surface area contributed by atoms with Crippen molar-refractivity contribution in [1.29, 1.82) is 0 Å². The van der Waals surface area contributed by atoms with Gasteiger partial charge in [-0.1, -0.05) is 26.0 Å². The van der Waals surface area contributed by atoms with E-state index in [2.05, 4.69) is 5.32 Å². The molecule has 1 N–H and O–H groups in total. The van der Waals surface area contributed by atoms with Gasteiger partial charge in [-0.25, -0.2) is 9.59 Å². The lowest BCUT2D eigenvalue weighted by atomic mass is 10.1. The van der Waals surface area contributed by atoms with Crippen molar-refractivity contribution < 1.29 is 26.9 Å². The van der Waals surface area contributed by atoms with Crippen molar-refractivity contribution in [3.05, 3.63) is 59.7 Å². The second kappa shape index (κ2) is 11.5. The Labute approximate surface area is 189 Å². The summed E-state index contributed by atoms with van der Waals surface area (Å²) in [5, 5.41) is 2.84. The van der Waals surface area contributed by atoms with Crippen LogP contribution in [0, 0.1) is 5.92 Å². The molecule has 0 unspecified atom stereocenters. The number of amides is 2. The lowest BCUT2D eigenvalue weighted by Gasteiger charge is -2.25. The van der Waals surface area contributed by atoms with Gasteiger partial charge in [0.05, 0.1) is 17.9 Å². The average molecular weight is 463 g/mol. The quantitative estimate of drug-likeness (QED) is 0.418. The van der Waals surface area contributed by atoms with E-state index in [1.54, 1.807) is 60.4 Å². The summed E-state index contributed by atoms with van der Waals surface area (Å²) in [7, 11) is -3.63. The summed E-state index contributed by atoms with van der Waals surface area (Å²) in [4.78, 5) is 26.3. The smallest absolute Gasteiger partial charge is 0.338 e. The Bertz CT molecular complexity index is 1020. The monoisotopic (exact) mass is 462 g/mol. The zero-order chi connectivity index (χ0) is 23.7. The second-order valence-corrected chi connectivity index (χ2v) is 9.44. The average Bonchev–Trinajstić information content (AvgIpc) is 2.73. The largest absolute Gasteiger partial charge is 0.462 e. The number of rotatable bonds is 10. The SMILES string of the molecule is CCOC(=O)c1ccc(NC(=O)N(Cc2cccc(OS(=O)(=O)CC)c2)CC(C)C)cc1. The van der Waals surface area contributed by atoms with Gasteiger partial charge >= 0.3 is 22.1 Å². The Balaban J connectivity index is 2.13. The first-order valence-electron chi connectivity index (χ1n) is 10.5. The topological polar surface area (TPSA) is 102 Å². The van der Waals surface area contributed by atoms with E-state index in [1.807, 2.05) is 13.8 Å². The summed E-state index contributed by atoms with van der Waals surface area (Å²) in [6.07, 6.45) is 0. The molecule has 0 spiro atoms. The molecule has 0 heterocycles. The van der Waals surface area contributed by atoms with Gasteiger partial charge in [-0.05, 0) is 61.7 Å². The van der Waals surface area contributed by atoms with Crippen LogP contribution in [0.25, 0.3) is 0 Å². The maximum atomic E-state index is 12.9. The van der Waals surface area contributed by atoms with Crippen LogP contribution in [-0.2, 0) is 21.4 Å². The normalized spacial score (nSPS) is 11.2. The summed E-state index contributed by atoms with van der Waals surface area (Å²) in [6.45, 7) is 8.30. The Morgan fingerprint density at radius 1 is 1.06 bits per heavy atom. The zero-order valence-corrected chi connectivity index (χ0v) is 19.6. The minimum atomic E-state index is -3.63. The van der Waals surface area contributed by atoms with Crippen LogP contribution in [0.1, 0.15) is 43.6 Å². The Hall–Kier alpha value is -3.07. The van der Waals surface area contributed by atoms with Crippen LogP contribution in [0.5, 0.6) is 5.75 Å². The fourth-order valence-corrected chi connectivity index (χ4v) is 3.40. The number of carbonyl (C=O) groups is 2. The van der Waals surface area contributed by atoms with E-state index in [0.717, 1.165) is 5.56 Å². The fraction of sp³-hybridized carbons (Fsp3) is 0.391. The third kappa shape index (κ3) is 7.88. The van der Waals surface area contributed by atoms with Crippen molar-refractivity contribution in [3.8, 4) is 5.75 Å². The highest BCUT2D eigenvalue weighted by Crippen LogP contribution is 2.19. The molecular weight excluding hydrogens is 432 g/mol. The van der Waals surface area contributed by atoms with Crippen LogP contribution >= 0.6 is 0 Å². The number of carbonyl (C=O) groups excluding carboxylic acids is 2. The third-order valence-electron chi connectivity index (χ3n) is 4.37. The number of nitrogens with zero attached hydrogens (tertiary/aromatic N) is 1. The number of esters is 1. The van der Waals surface area contributed by atoms with Gasteiger partial charge in [-0.2, -0.15) is 8.42 Å². The van der Waals surface area contributed by atoms with Crippen molar-refractivity contribution in [1.82, 2.24) is 4.90 Å². The first-order valence-corrected chi connectivity index (χ1v) is 12.1. The Morgan fingerprint density at radius 3 is 2.34 bits per heavy atom. The van der Waals surface area contributed by atoms with E-state index in [0.29, 0.717) is 17.8 Å². The van der Waals surface area contributed by atoms with E-state index in [1.165, 1.54) is 6.92 Å². The number of benzene rings is 2. The molecule has 0 aliphatic heterocycles. The molecule has 0 atom stereocenters. The Morgan fingerprint density at radius 2 is 1.75 bits per heavy atom. The predicted octanol–water partition coefficient (Wildman–Crippen LogP) is 4.28. The molecule has 2 rings (SSSR count). The molecule has 174 valence electrons. The van der Waals surface area contributed by atoms with E-state index in [4.69, 9.17) is 8.92 Å². The molecule has 0 bridgehead atoms. The molecule has 0 aliphatic carbocycles. The van der Waals surface area contributed by atoms with Crippen LogP contribution < -0.4 is 9.50 Å². The third-order valence-corrected chi connectivity index (χ3v) is 5.52. The van der Waals surface area contributed by atoms with E-state index in [-0.39, 0.29) is 36.6 Å². The van der Waals surface area contributed by atoms with Gasteiger partial charge in [0, 0.05) is 18.8 Å². The molecule has 2 amide bonds. The maximum absolute atomic E-state index is 12.9. The highest BCUT2D eigenvalue weighted by Gasteiger charge is 2.17. The standard InChI is InChI=1S/C23H30N2O6S/c1-5-30-22(26)19-10-12-20(13-11-19)24-23(27)25(15-17(3)4)16-18-8-7-9-21(14-18)31-32(28,29)6-2/h7-14,17H,5-6,15-16H2,1-4H3,(H,24,27). The van der Waals surface area contributed by atoms with Crippen LogP contribution in [-0.4, -0.2) is 44.2 Å². The lowest BCUT2D eigenvalue weighted by molar-refractivity contribution is 0.0526. The first-order chi connectivity index (χ1) is 15.1. The van der Waals surface area contributed by atoms with Gasteiger partial charge in [-0.15, -0.1) is 0 Å². The number of urea groups is 1. The zero-order valence-electron chi connectivity index (χ0n) is 18.8. The summed E-state index contributed by atoms with van der Waals surface area (Å²) in [5.41, 5.74) is 1.69. The van der Waals surface area contributed by atoms with Crippen LogP contribution in [0.15, 0.2) is 48.5 Å². The maximum Gasteiger partial charge on any atom is 0.338 e. The number of ether oxygens (including phenoxy) is 1. The summed E-state index contributed by atoms with van der Waals surface area (Å²) in [5.74, 6) is -0.122. The van der Waals surface area contributed by atoms with Gasteiger partial charge in [0.15, 0.2) is 0 Å². The molecule has 2 aromatic rings. The van der Waals surface area contributed by atoms with Crippen molar-refractivity contribution in [3.63, 3.8) is 0 Å². The molecule has 9 heteroatoms. The summed E-state index contributed by atoms with van der Waals surface area (Å²) < 4.78 is 33.5. The minimum absolute atomic E-state index is 0.131. The van der Waals surface area contributed by atoms with Gasteiger partial charge < -0.3 is 19.1 Å². The minimum Gasteiger partial charge on any atom is -0.462 e. The van der Waals surface area contributed by atoms with Crippen molar-refractivity contribution in [2.75, 3.05) is 24.2 Å². The molecular formula is C23H30N2O6S. The van der Waals surface area contributed by atoms with Crippen molar-refractivity contribution in [2.45, 2.75) is 34.2 Å². The van der Waals surface area contributed by atoms with Crippen LogP contribution in [0.3, 0.4) is 0 Å². The van der Waals surface area contributed by atoms with Gasteiger partial charge in [0.2, 0.25) is 0 Å². The number of nitrogens with one attached hydrogen (secondary N) is 1. The molecule has 0 saturated heterocycles. The van der Waals surface area contributed by atoms with Crippen LogP contribution in [0.2, 0.25) is 0 Å². The van der Waals surface area contributed by atoms with Gasteiger partial charge in [0.1, 0.15) is 5.75 Å². The lowest BCUT2D eigenvalue weighted by Crippen LogP contribution is -2.37.